The van der Waals surface area contributed by atoms with E-state index in [2.05, 4.69) is 27.0 Å². The molecule has 98 valence electrons. The van der Waals surface area contributed by atoms with Gasteiger partial charge in [-0.05, 0) is 54.6 Å². The summed E-state index contributed by atoms with van der Waals surface area (Å²) in [6.07, 6.45) is 5.76. The number of nitrogens with one attached hydrogen (secondary N) is 1. The maximum atomic E-state index is 12.6. The van der Waals surface area contributed by atoms with Crippen molar-refractivity contribution >= 4 is 17.2 Å². The van der Waals surface area contributed by atoms with Crippen molar-refractivity contribution < 1.29 is 4.79 Å². The molecule has 1 aliphatic heterocycles. The zero-order valence-electron chi connectivity index (χ0n) is 10.6. The molecule has 1 N–H and O–H groups in total. The van der Waals surface area contributed by atoms with Crippen LogP contribution in [0.1, 0.15) is 37.7 Å². The highest BCUT2D eigenvalue weighted by Gasteiger charge is 2.36. The molecular formula is C14H20N2OS. The Labute approximate surface area is 112 Å². The van der Waals surface area contributed by atoms with Crippen LogP contribution in [0.15, 0.2) is 16.8 Å². The second kappa shape index (κ2) is 5.41. The van der Waals surface area contributed by atoms with Gasteiger partial charge >= 0.3 is 0 Å². The van der Waals surface area contributed by atoms with E-state index in [9.17, 15) is 4.79 Å². The van der Waals surface area contributed by atoms with Crippen molar-refractivity contribution in [2.45, 2.75) is 50.7 Å². The first-order chi connectivity index (χ1) is 8.84. The third kappa shape index (κ3) is 2.75. The van der Waals surface area contributed by atoms with Crippen LogP contribution in [0, 0.1) is 0 Å². The Balaban J connectivity index is 1.66. The lowest BCUT2D eigenvalue weighted by Gasteiger charge is -2.30. The van der Waals surface area contributed by atoms with Crippen LogP contribution >= 0.6 is 11.3 Å². The molecule has 1 atom stereocenters. The summed E-state index contributed by atoms with van der Waals surface area (Å²) in [6, 6.07) is 2.70. The van der Waals surface area contributed by atoms with Gasteiger partial charge in [-0.2, -0.15) is 11.3 Å². The molecule has 2 heterocycles. The van der Waals surface area contributed by atoms with Gasteiger partial charge in [0.25, 0.3) is 0 Å². The van der Waals surface area contributed by atoms with E-state index in [1.54, 1.807) is 11.3 Å². The second-order valence-electron chi connectivity index (χ2n) is 5.33. The van der Waals surface area contributed by atoms with Gasteiger partial charge in [-0.25, -0.2) is 0 Å². The lowest BCUT2D eigenvalue weighted by Crippen LogP contribution is -2.49. The number of thiophene rings is 1. The normalized spacial score (nSPS) is 23.9. The van der Waals surface area contributed by atoms with Crippen LogP contribution in [0.25, 0.3) is 0 Å². The number of piperidine rings is 1. The number of rotatable bonds is 4. The maximum absolute atomic E-state index is 12.6. The minimum atomic E-state index is 0.0676. The predicted molar refractivity (Wildman–Crippen MR) is 73.5 cm³/mol. The zero-order valence-corrected chi connectivity index (χ0v) is 11.4. The Bertz CT molecular complexity index is 394. The molecule has 0 spiro atoms. The van der Waals surface area contributed by atoms with E-state index in [0.29, 0.717) is 11.9 Å². The minimum Gasteiger partial charge on any atom is -0.334 e. The van der Waals surface area contributed by atoms with Crippen LogP contribution in [0.3, 0.4) is 0 Å². The van der Waals surface area contributed by atoms with Crippen molar-refractivity contribution in [1.29, 1.82) is 0 Å². The molecule has 1 amide bonds. The van der Waals surface area contributed by atoms with Gasteiger partial charge < -0.3 is 10.2 Å². The molecule has 3 rings (SSSR count). The molecule has 1 saturated heterocycles. The van der Waals surface area contributed by atoms with Gasteiger partial charge in [-0.1, -0.05) is 6.42 Å². The van der Waals surface area contributed by atoms with Crippen molar-refractivity contribution in [3.05, 3.63) is 22.4 Å². The smallest absolute Gasteiger partial charge is 0.240 e. The first kappa shape index (κ1) is 12.2. The summed E-state index contributed by atoms with van der Waals surface area (Å²) in [5.41, 5.74) is 1.27. The fourth-order valence-corrected chi connectivity index (χ4v) is 3.28. The Hall–Kier alpha value is -0.870. The Morgan fingerprint density at radius 1 is 1.39 bits per heavy atom. The van der Waals surface area contributed by atoms with E-state index < -0.39 is 0 Å². The van der Waals surface area contributed by atoms with Gasteiger partial charge in [-0.3, -0.25) is 4.79 Å². The molecule has 1 aromatic rings. The number of hydrogen-bond acceptors (Lipinski definition) is 3. The van der Waals surface area contributed by atoms with E-state index >= 15 is 0 Å². The van der Waals surface area contributed by atoms with Crippen molar-refractivity contribution in [2.75, 3.05) is 6.54 Å². The van der Waals surface area contributed by atoms with Gasteiger partial charge in [0.15, 0.2) is 0 Å². The van der Waals surface area contributed by atoms with Gasteiger partial charge in [-0.15, -0.1) is 0 Å². The van der Waals surface area contributed by atoms with Crippen molar-refractivity contribution in [1.82, 2.24) is 10.2 Å². The average molecular weight is 264 g/mol. The van der Waals surface area contributed by atoms with E-state index in [0.717, 1.165) is 19.5 Å². The fraction of sp³-hybridized carbons (Fsp3) is 0.643. The lowest BCUT2D eigenvalue weighted by molar-refractivity contribution is -0.135. The van der Waals surface area contributed by atoms with E-state index in [4.69, 9.17) is 0 Å². The average Bonchev–Trinajstić information content (AvgIpc) is 3.13. The molecule has 2 fully saturated rings. The third-order valence-electron chi connectivity index (χ3n) is 3.81. The Morgan fingerprint density at radius 3 is 2.89 bits per heavy atom. The van der Waals surface area contributed by atoms with Gasteiger partial charge in [0.05, 0.1) is 6.04 Å². The maximum Gasteiger partial charge on any atom is 0.240 e. The molecule has 0 radical (unpaired) electrons. The summed E-state index contributed by atoms with van der Waals surface area (Å²) in [5.74, 6) is 0.323. The molecule has 0 aromatic carbocycles. The van der Waals surface area contributed by atoms with E-state index in [1.807, 2.05) is 0 Å². The number of hydrogen-bond donors (Lipinski definition) is 1. The fourth-order valence-electron chi connectivity index (χ4n) is 2.62. The summed E-state index contributed by atoms with van der Waals surface area (Å²) in [6.45, 7) is 1.79. The van der Waals surface area contributed by atoms with Crippen molar-refractivity contribution in [3.63, 3.8) is 0 Å². The Kier molecular flexibility index (Phi) is 3.66. The van der Waals surface area contributed by atoms with Crippen LogP contribution < -0.4 is 5.32 Å². The summed E-state index contributed by atoms with van der Waals surface area (Å²) >= 11 is 1.71. The minimum absolute atomic E-state index is 0.0676. The molecular weight excluding hydrogens is 244 g/mol. The quantitative estimate of drug-likeness (QED) is 0.905. The van der Waals surface area contributed by atoms with Gasteiger partial charge in [0.2, 0.25) is 5.91 Å². The summed E-state index contributed by atoms with van der Waals surface area (Å²) < 4.78 is 0. The second-order valence-corrected chi connectivity index (χ2v) is 6.11. The molecule has 0 bridgehead atoms. The molecule has 2 aliphatic rings. The molecule has 3 nitrogen and oxygen atoms in total. The first-order valence-electron chi connectivity index (χ1n) is 6.89. The van der Waals surface area contributed by atoms with Crippen LogP contribution in [0.4, 0.5) is 0 Å². The summed E-state index contributed by atoms with van der Waals surface area (Å²) in [5, 5.41) is 7.61. The number of amides is 1. The lowest BCUT2D eigenvalue weighted by atomic mass is 10.0. The van der Waals surface area contributed by atoms with E-state index in [1.165, 1.54) is 31.2 Å². The highest BCUT2D eigenvalue weighted by molar-refractivity contribution is 7.07. The molecule has 18 heavy (non-hydrogen) atoms. The number of carbonyl (C=O) groups is 1. The number of carbonyl (C=O) groups excluding carboxylic acids is 1. The number of nitrogens with zero attached hydrogens (tertiary/aromatic N) is 1. The van der Waals surface area contributed by atoms with E-state index in [-0.39, 0.29) is 6.04 Å². The van der Waals surface area contributed by atoms with Gasteiger partial charge in [0, 0.05) is 12.6 Å². The topological polar surface area (TPSA) is 32.3 Å². The highest BCUT2D eigenvalue weighted by Crippen LogP contribution is 2.30. The predicted octanol–water partition coefficient (Wildman–Crippen LogP) is 2.38. The molecule has 1 saturated carbocycles. The van der Waals surface area contributed by atoms with Crippen LogP contribution in [0.5, 0.6) is 0 Å². The molecule has 1 aliphatic carbocycles. The zero-order chi connectivity index (χ0) is 12.4. The molecule has 4 heteroatoms. The molecule has 0 unspecified atom stereocenters. The van der Waals surface area contributed by atoms with Crippen molar-refractivity contribution in [2.24, 2.45) is 0 Å². The standard InChI is InChI=1S/C14H20N2OS/c17-14(13-3-1-2-7-15-13)16(12-4-5-12)9-11-6-8-18-10-11/h6,8,10,12-13,15H,1-5,7,9H2/t13-/m0/s1. The highest BCUT2D eigenvalue weighted by atomic mass is 32.1. The largest absolute Gasteiger partial charge is 0.334 e. The monoisotopic (exact) mass is 264 g/mol. The van der Waals surface area contributed by atoms with Gasteiger partial charge in [0.1, 0.15) is 0 Å². The van der Waals surface area contributed by atoms with Crippen LogP contribution in [-0.4, -0.2) is 29.4 Å². The van der Waals surface area contributed by atoms with Crippen LogP contribution in [0.2, 0.25) is 0 Å². The first-order valence-corrected chi connectivity index (χ1v) is 7.84. The molecule has 1 aromatic heterocycles. The SMILES string of the molecule is O=C([C@@H]1CCCCN1)N(Cc1ccsc1)C1CC1. The summed E-state index contributed by atoms with van der Waals surface area (Å²) in [7, 11) is 0. The van der Waals surface area contributed by atoms with Crippen molar-refractivity contribution in [3.8, 4) is 0 Å². The Morgan fingerprint density at radius 2 is 2.28 bits per heavy atom. The summed E-state index contributed by atoms with van der Waals surface area (Å²) in [4.78, 5) is 14.7. The third-order valence-corrected chi connectivity index (χ3v) is 4.54. The van der Waals surface area contributed by atoms with Crippen LogP contribution in [-0.2, 0) is 11.3 Å².